The molecule has 0 bridgehead atoms. The number of likely N-dealkylation sites (tertiary alicyclic amines) is 1. The summed E-state index contributed by atoms with van der Waals surface area (Å²) in [5.74, 6) is 0.639. The van der Waals surface area contributed by atoms with Gasteiger partial charge in [0.1, 0.15) is 5.82 Å². The molecule has 0 radical (unpaired) electrons. The minimum Gasteiger partial charge on any atom is -0.306 e. The molecule has 3 aromatic rings. The van der Waals surface area contributed by atoms with Crippen LogP contribution in [0.25, 0.3) is 11.4 Å². The van der Waals surface area contributed by atoms with Crippen LogP contribution in [0.3, 0.4) is 0 Å². The Morgan fingerprint density at radius 1 is 1.22 bits per heavy atom. The summed E-state index contributed by atoms with van der Waals surface area (Å²) in [6.07, 6.45) is 9.42. The van der Waals surface area contributed by atoms with Gasteiger partial charge in [0.05, 0.1) is 5.69 Å². The molecular weight excluding hydrogens is 358 g/mol. The normalized spacial score (nSPS) is 18.7. The first-order valence-electron chi connectivity index (χ1n) is 9.38. The van der Waals surface area contributed by atoms with Crippen molar-refractivity contribution in [2.24, 2.45) is 0 Å². The van der Waals surface area contributed by atoms with Crippen molar-refractivity contribution in [3.05, 3.63) is 63.3 Å². The molecule has 1 N–H and O–H groups in total. The molecule has 0 aromatic carbocycles. The summed E-state index contributed by atoms with van der Waals surface area (Å²) < 4.78 is 4.20. The maximum absolute atomic E-state index is 12.7. The third-order valence-electron chi connectivity index (χ3n) is 6.01. The van der Waals surface area contributed by atoms with Crippen molar-refractivity contribution >= 4 is 11.5 Å². The van der Waals surface area contributed by atoms with E-state index in [0.717, 1.165) is 62.1 Å². The number of nitrogens with one attached hydrogen (secondary N) is 1. The number of H-pyrrole nitrogens is 1. The number of rotatable bonds is 3. The second kappa shape index (κ2) is 6.65. The molecule has 1 saturated heterocycles. The molecule has 1 aliphatic heterocycles. The molecule has 0 saturated carbocycles. The second-order valence-corrected chi connectivity index (χ2v) is 8.23. The van der Waals surface area contributed by atoms with Crippen LogP contribution in [0.4, 0.5) is 0 Å². The Balaban J connectivity index is 1.43. The molecule has 1 fully saturated rings. The SMILES string of the molecule is O=c1[nH]c(-c2cccnc2)nc2c1CCC21CCN(Cc2cnsc2)CC1. The lowest BCUT2D eigenvalue weighted by atomic mass is 9.76. The van der Waals surface area contributed by atoms with Crippen molar-refractivity contribution in [3.63, 3.8) is 0 Å². The van der Waals surface area contributed by atoms with Gasteiger partial charge in [-0.1, -0.05) is 0 Å². The first-order valence-corrected chi connectivity index (χ1v) is 10.2. The zero-order valence-corrected chi connectivity index (χ0v) is 15.8. The van der Waals surface area contributed by atoms with Gasteiger partial charge in [-0.05, 0) is 68.0 Å². The number of hydrogen-bond acceptors (Lipinski definition) is 6. The fraction of sp³-hybridized carbons (Fsp3) is 0.400. The predicted octanol–water partition coefficient (Wildman–Crippen LogP) is 2.77. The summed E-state index contributed by atoms with van der Waals surface area (Å²) in [7, 11) is 0. The van der Waals surface area contributed by atoms with E-state index in [1.807, 2.05) is 18.3 Å². The molecule has 0 amide bonds. The van der Waals surface area contributed by atoms with E-state index in [1.54, 1.807) is 12.4 Å². The molecule has 2 aliphatic rings. The van der Waals surface area contributed by atoms with Crippen molar-refractivity contribution in [2.45, 2.75) is 37.6 Å². The minimum atomic E-state index is 0.0162. The Hall–Kier alpha value is -2.38. The highest BCUT2D eigenvalue weighted by Gasteiger charge is 2.43. The van der Waals surface area contributed by atoms with E-state index in [4.69, 9.17) is 4.98 Å². The number of aromatic amines is 1. The van der Waals surface area contributed by atoms with Crippen molar-refractivity contribution < 1.29 is 0 Å². The predicted molar refractivity (Wildman–Crippen MR) is 105 cm³/mol. The lowest BCUT2D eigenvalue weighted by Gasteiger charge is -2.39. The number of pyridine rings is 1. The van der Waals surface area contributed by atoms with E-state index in [0.29, 0.717) is 5.82 Å². The van der Waals surface area contributed by atoms with Crippen molar-refractivity contribution in [1.82, 2.24) is 24.2 Å². The first kappa shape index (κ1) is 16.8. The minimum absolute atomic E-state index is 0.0162. The van der Waals surface area contributed by atoms with Crippen LogP contribution in [0.1, 0.15) is 36.1 Å². The molecule has 1 spiro atoms. The van der Waals surface area contributed by atoms with Crippen LogP contribution in [0.2, 0.25) is 0 Å². The Morgan fingerprint density at radius 2 is 2.11 bits per heavy atom. The van der Waals surface area contributed by atoms with Gasteiger partial charge >= 0.3 is 0 Å². The quantitative estimate of drug-likeness (QED) is 0.757. The largest absolute Gasteiger partial charge is 0.306 e. The van der Waals surface area contributed by atoms with Gasteiger partial charge in [-0.2, -0.15) is 0 Å². The summed E-state index contributed by atoms with van der Waals surface area (Å²) >= 11 is 1.51. The Labute approximate surface area is 161 Å². The molecule has 27 heavy (non-hydrogen) atoms. The van der Waals surface area contributed by atoms with Crippen molar-refractivity contribution in [2.75, 3.05) is 13.1 Å². The van der Waals surface area contributed by atoms with Crippen LogP contribution in [0.15, 0.2) is 40.9 Å². The fourth-order valence-corrected chi connectivity index (χ4v) is 5.01. The topological polar surface area (TPSA) is 74.8 Å². The Morgan fingerprint density at radius 3 is 2.85 bits per heavy atom. The molecule has 1 aliphatic carbocycles. The van der Waals surface area contributed by atoms with Gasteiger partial charge in [0.15, 0.2) is 0 Å². The van der Waals surface area contributed by atoms with Gasteiger partial charge in [0, 0.05) is 47.1 Å². The molecule has 3 aromatic heterocycles. The van der Waals surface area contributed by atoms with Gasteiger partial charge in [-0.15, -0.1) is 0 Å². The Bertz CT molecular complexity index is 991. The van der Waals surface area contributed by atoms with Gasteiger partial charge < -0.3 is 4.98 Å². The molecule has 0 unspecified atom stereocenters. The summed E-state index contributed by atoms with van der Waals surface area (Å²) in [6, 6.07) is 3.81. The standard InChI is InChI=1S/C20H21N5OS/c26-19-16-3-4-20(5-8-25(9-6-20)12-14-10-22-27-13-14)17(16)23-18(24-19)15-2-1-7-21-11-15/h1-2,7,10-11,13H,3-6,8-9,12H2,(H,23,24,26). The number of nitrogens with zero attached hydrogens (tertiary/aromatic N) is 4. The highest BCUT2D eigenvalue weighted by Crippen LogP contribution is 2.44. The fourth-order valence-electron chi connectivity index (χ4n) is 4.48. The Kier molecular flexibility index (Phi) is 4.13. The summed E-state index contributed by atoms with van der Waals surface area (Å²) in [5, 5.41) is 2.12. The monoisotopic (exact) mass is 379 g/mol. The molecule has 5 rings (SSSR count). The van der Waals surface area contributed by atoms with E-state index < -0.39 is 0 Å². The molecule has 7 heteroatoms. The zero-order valence-electron chi connectivity index (χ0n) is 15.0. The van der Waals surface area contributed by atoms with Crippen LogP contribution in [0.5, 0.6) is 0 Å². The number of fused-ring (bicyclic) bond motifs is 2. The summed E-state index contributed by atoms with van der Waals surface area (Å²) in [6.45, 7) is 3.03. The van der Waals surface area contributed by atoms with Gasteiger partial charge in [-0.3, -0.25) is 14.7 Å². The lowest BCUT2D eigenvalue weighted by molar-refractivity contribution is 0.150. The number of aromatic nitrogens is 4. The van der Waals surface area contributed by atoms with Crippen LogP contribution < -0.4 is 5.56 Å². The van der Waals surface area contributed by atoms with Crippen LogP contribution in [0, 0.1) is 0 Å². The van der Waals surface area contributed by atoms with E-state index in [2.05, 4.69) is 24.6 Å². The van der Waals surface area contributed by atoms with Gasteiger partial charge in [0.2, 0.25) is 0 Å². The summed E-state index contributed by atoms with van der Waals surface area (Å²) in [5.41, 5.74) is 4.13. The second-order valence-electron chi connectivity index (χ2n) is 7.57. The maximum atomic E-state index is 12.7. The van der Waals surface area contributed by atoms with E-state index in [-0.39, 0.29) is 11.0 Å². The van der Waals surface area contributed by atoms with E-state index >= 15 is 0 Å². The van der Waals surface area contributed by atoms with Crippen LogP contribution in [-0.2, 0) is 18.4 Å². The molecule has 4 heterocycles. The average molecular weight is 379 g/mol. The summed E-state index contributed by atoms with van der Waals surface area (Å²) in [4.78, 5) is 27.2. The molecule has 0 atom stereocenters. The van der Waals surface area contributed by atoms with Crippen LogP contribution in [-0.4, -0.2) is 37.3 Å². The number of piperidine rings is 1. The van der Waals surface area contributed by atoms with E-state index in [1.165, 1.54) is 17.1 Å². The third-order valence-corrected chi connectivity index (χ3v) is 6.64. The molecule has 6 nitrogen and oxygen atoms in total. The highest BCUT2D eigenvalue weighted by molar-refractivity contribution is 7.03. The third kappa shape index (κ3) is 3.00. The number of hydrogen-bond donors (Lipinski definition) is 1. The molecular formula is C20H21N5OS. The van der Waals surface area contributed by atoms with Gasteiger partial charge in [-0.25, -0.2) is 9.36 Å². The first-order chi connectivity index (χ1) is 13.2. The van der Waals surface area contributed by atoms with Crippen molar-refractivity contribution in [3.8, 4) is 11.4 Å². The van der Waals surface area contributed by atoms with E-state index in [9.17, 15) is 4.79 Å². The van der Waals surface area contributed by atoms with Gasteiger partial charge in [0.25, 0.3) is 5.56 Å². The smallest absolute Gasteiger partial charge is 0.254 e. The highest BCUT2D eigenvalue weighted by atomic mass is 32.1. The lowest BCUT2D eigenvalue weighted by Crippen LogP contribution is -2.41. The molecule has 138 valence electrons. The zero-order chi connectivity index (χ0) is 18.3. The van der Waals surface area contributed by atoms with Crippen LogP contribution >= 0.6 is 11.5 Å². The average Bonchev–Trinajstić information content (AvgIpc) is 3.33. The van der Waals surface area contributed by atoms with Crippen molar-refractivity contribution in [1.29, 1.82) is 0 Å². The maximum Gasteiger partial charge on any atom is 0.254 e.